The number of rotatable bonds is 5. The molecule has 0 radical (unpaired) electrons. The summed E-state index contributed by atoms with van der Waals surface area (Å²) in [6.07, 6.45) is 1.19. The Labute approximate surface area is 147 Å². The summed E-state index contributed by atoms with van der Waals surface area (Å²) in [5.41, 5.74) is 0.935. The molecule has 1 fully saturated rings. The molecule has 2 heterocycles. The quantitative estimate of drug-likeness (QED) is 0.902. The highest BCUT2D eigenvalue weighted by molar-refractivity contribution is 5.76. The lowest BCUT2D eigenvalue weighted by Gasteiger charge is -2.34. The number of halogens is 1. The largest absolute Gasteiger partial charge is 0.339 e. The van der Waals surface area contributed by atoms with E-state index in [1.807, 2.05) is 24.8 Å². The number of carbonyl (C=O) groups is 1. The van der Waals surface area contributed by atoms with Gasteiger partial charge in [-0.05, 0) is 37.0 Å². The van der Waals surface area contributed by atoms with Crippen molar-refractivity contribution < 1.29 is 9.18 Å². The Bertz CT molecular complexity index is 724. The summed E-state index contributed by atoms with van der Waals surface area (Å²) in [7, 11) is 0. The molecule has 1 aliphatic rings. The van der Waals surface area contributed by atoms with E-state index in [1.54, 1.807) is 12.1 Å². The molecule has 1 saturated heterocycles. The van der Waals surface area contributed by atoms with Gasteiger partial charge in [0.25, 0.3) is 0 Å². The van der Waals surface area contributed by atoms with Crippen molar-refractivity contribution in [3.8, 4) is 0 Å². The molecule has 7 heteroatoms. The molecule has 1 unspecified atom stereocenters. The number of aromatic nitrogens is 3. The summed E-state index contributed by atoms with van der Waals surface area (Å²) in [5, 5.41) is 7.01. The molecule has 0 aliphatic carbocycles. The minimum atomic E-state index is -0.227. The summed E-state index contributed by atoms with van der Waals surface area (Å²) < 4.78 is 13.3. The first kappa shape index (κ1) is 17.4. The second-order valence-electron chi connectivity index (χ2n) is 6.73. The molecule has 25 heavy (non-hydrogen) atoms. The van der Waals surface area contributed by atoms with Crippen molar-refractivity contribution in [3.63, 3.8) is 0 Å². The highest BCUT2D eigenvalue weighted by Gasteiger charge is 2.24. The van der Waals surface area contributed by atoms with Crippen molar-refractivity contribution >= 4 is 11.9 Å². The fraction of sp³-hybridized carbons (Fsp3) is 0.500. The zero-order valence-electron chi connectivity index (χ0n) is 14.7. The Balaban J connectivity index is 1.47. The van der Waals surface area contributed by atoms with Gasteiger partial charge in [0.15, 0.2) is 0 Å². The third-order valence-corrected chi connectivity index (χ3v) is 4.50. The lowest BCUT2D eigenvalue weighted by molar-refractivity contribution is -0.132. The van der Waals surface area contributed by atoms with Crippen molar-refractivity contribution in [2.24, 2.45) is 5.92 Å². The fourth-order valence-corrected chi connectivity index (χ4v) is 3.19. The zero-order valence-corrected chi connectivity index (χ0v) is 14.7. The van der Waals surface area contributed by atoms with Crippen LogP contribution in [0.1, 0.15) is 24.7 Å². The van der Waals surface area contributed by atoms with Gasteiger partial charge in [-0.25, -0.2) is 4.39 Å². The first-order chi connectivity index (χ1) is 12.0. The molecule has 1 atom stereocenters. The van der Waals surface area contributed by atoms with Gasteiger partial charge in [0.2, 0.25) is 11.9 Å². The van der Waals surface area contributed by atoms with E-state index in [2.05, 4.69) is 20.1 Å². The van der Waals surface area contributed by atoms with Gasteiger partial charge >= 0.3 is 0 Å². The van der Waals surface area contributed by atoms with Gasteiger partial charge in [0.05, 0.1) is 0 Å². The smallest absolute Gasteiger partial charge is 0.244 e. The summed E-state index contributed by atoms with van der Waals surface area (Å²) in [4.78, 5) is 20.8. The highest BCUT2D eigenvalue weighted by Crippen LogP contribution is 2.16. The topological polar surface area (TPSA) is 65.1 Å². The maximum Gasteiger partial charge on any atom is 0.244 e. The van der Waals surface area contributed by atoms with Crippen LogP contribution < -0.4 is 4.90 Å². The Morgan fingerprint density at radius 2 is 2.08 bits per heavy atom. The first-order valence-corrected chi connectivity index (χ1v) is 8.67. The van der Waals surface area contributed by atoms with Crippen LogP contribution in [0.2, 0.25) is 0 Å². The molecule has 1 aromatic heterocycles. The number of aromatic amines is 1. The number of anilines is 1. The van der Waals surface area contributed by atoms with Crippen molar-refractivity contribution in [3.05, 3.63) is 41.5 Å². The molecule has 1 aliphatic heterocycles. The van der Waals surface area contributed by atoms with Crippen LogP contribution in [-0.4, -0.2) is 52.2 Å². The Morgan fingerprint density at radius 3 is 2.72 bits per heavy atom. The summed E-state index contributed by atoms with van der Waals surface area (Å²) >= 11 is 0. The van der Waals surface area contributed by atoms with Crippen LogP contribution in [0.15, 0.2) is 24.3 Å². The molecule has 6 nitrogen and oxygen atoms in total. The predicted octanol–water partition coefficient (Wildman–Crippen LogP) is 2.17. The van der Waals surface area contributed by atoms with Crippen LogP contribution in [0.25, 0.3) is 0 Å². The molecule has 2 aromatic rings. The molecule has 0 bridgehead atoms. The fourth-order valence-electron chi connectivity index (χ4n) is 3.19. The van der Waals surface area contributed by atoms with Crippen LogP contribution in [0.4, 0.5) is 10.3 Å². The monoisotopic (exact) mass is 345 g/mol. The number of nitrogens with one attached hydrogen (secondary N) is 1. The number of nitrogens with zero attached hydrogens (tertiary/aromatic N) is 4. The van der Waals surface area contributed by atoms with Gasteiger partial charge < -0.3 is 9.80 Å². The van der Waals surface area contributed by atoms with E-state index in [-0.39, 0.29) is 17.6 Å². The van der Waals surface area contributed by atoms with E-state index in [0.29, 0.717) is 31.9 Å². The van der Waals surface area contributed by atoms with Crippen molar-refractivity contribution in [1.82, 2.24) is 20.1 Å². The van der Waals surface area contributed by atoms with Gasteiger partial charge in [0, 0.05) is 32.6 Å². The lowest BCUT2D eigenvalue weighted by Crippen LogP contribution is -2.49. The Kier molecular flexibility index (Phi) is 5.31. The second kappa shape index (κ2) is 7.63. The minimum Gasteiger partial charge on any atom is -0.339 e. The van der Waals surface area contributed by atoms with Gasteiger partial charge in [0.1, 0.15) is 11.6 Å². The normalized spacial score (nSPS) is 16.1. The molecular formula is C18H24FN5O. The molecule has 0 saturated carbocycles. The maximum absolute atomic E-state index is 13.3. The number of benzene rings is 1. The number of aryl methyl sites for hydroxylation is 1. The first-order valence-electron chi connectivity index (χ1n) is 8.67. The van der Waals surface area contributed by atoms with Crippen LogP contribution in [0, 0.1) is 18.7 Å². The van der Waals surface area contributed by atoms with Gasteiger partial charge in [-0.3, -0.25) is 9.89 Å². The average Bonchev–Trinajstić information content (AvgIpc) is 3.01. The SMILES string of the molecule is Cc1nc(N2CCN(C(=O)CC(C)Cc3cccc(F)c3)CC2)n[nH]1. The average molecular weight is 345 g/mol. The molecule has 3 rings (SSSR count). The van der Waals surface area contributed by atoms with Crippen molar-refractivity contribution in [2.75, 3.05) is 31.1 Å². The number of piperazine rings is 1. The molecule has 134 valence electrons. The molecule has 0 spiro atoms. The zero-order chi connectivity index (χ0) is 17.8. The van der Waals surface area contributed by atoms with Crippen LogP contribution in [0.3, 0.4) is 0 Å². The number of hydrogen-bond acceptors (Lipinski definition) is 4. The molecular weight excluding hydrogens is 321 g/mol. The maximum atomic E-state index is 13.3. The van der Waals surface area contributed by atoms with Crippen LogP contribution in [0.5, 0.6) is 0 Å². The van der Waals surface area contributed by atoms with Crippen LogP contribution >= 0.6 is 0 Å². The third kappa shape index (κ3) is 4.55. The summed E-state index contributed by atoms with van der Waals surface area (Å²) in [6.45, 7) is 6.74. The predicted molar refractivity (Wildman–Crippen MR) is 93.8 cm³/mol. The minimum absolute atomic E-state index is 0.162. The summed E-state index contributed by atoms with van der Waals surface area (Å²) in [5.74, 6) is 1.61. The Hall–Kier alpha value is -2.44. The Morgan fingerprint density at radius 1 is 1.32 bits per heavy atom. The van der Waals surface area contributed by atoms with Gasteiger partial charge in [-0.2, -0.15) is 4.98 Å². The second-order valence-corrected chi connectivity index (χ2v) is 6.73. The van der Waals surface area contributed by atoms with Gasteiger partial charge in [-0.15, -0.1) is 5.10 Å². The number of hydrogen-bond donors (Lipinski definition) is 1. The van der Waals surface area contributed by atoms with E-state index in [4.69, 9.17) is 0 Å². The summed E-state index contributed by atoms with van der Waals surface area (Å²) in [6, 6.07) is 6.60. The van der Waals surface area contributed by atoms with E-state index in [0.717, 1.165) is 24.5 Å². The highest BCUT2D eigenvalue weighted by atomic mass is 19.1. The van der Waals surface area contributed by atoms with E-state index in [1.165, 1.54) is 6.07 Å². The van der Waals surface area contributed by atoms with E-state index >= 15 is 0 Å². The van der Waals surface area contributed by atoms with E-state index in [9.17, 15) is 9.18 Å². The lowest BCUT2D eigenvalue weighted by atomic mass is 9.97. The molecule has 1 amide bonds. The van der Waals surface area contributed by atoms with E-state index < -0.39 is 0 Å². The van der Waals surface area contributed by atoms with Crippen molar-refractivity contribution in [1.29, 1.82) is 0 Å². The van der Waals surface area contributed by atoms with Crippen LogP contribution in [-0.2, 0) is 11.2 Å². The number of H-pyrrole nitrogens is 1. The standard InChI is InChI=1S/C18H24FN5O/c1-13(10-15-4-3-5-16(19)12-15)11-17(25)23-6-8-24(9-7-23)18-20-14(2)21-22-18/h3-5,12-13H,6-11H2,1-2H3,(H,20,21,22). The molecule has 1 N–H and O–H groups in total. The number of amides is 1. The molecule has 1 aromatic carbocycles. The number of carbonyl (C=O) groups excluding carboxylic acids is 1. The third-order valence-electron chi connectivity index (χ3n) is 4.50. The van der Waals surface area contributed by atoms with Gasteiger partial charge in [-0.1, -0.05) is 19.1 Å². The van der Waals surface area contributed by atoms with Crippen molar-refractivity contribution in [2.45, 2.75) is 26.7 Å².